The minimum Gasteiger partial charge on any atom is -0.248 e. The number of hydrogen-bond acceptors (Lipinski definition) is 1. The van der Waals surface area contributed by atoms with Crippen LogP contribution in [0.25, 0.3) is 17.0 Å². The first-order chi connectivity index (χ1) is 8.42. The average Bonchev–Trinajstić information content (AvgIpc) is 2.40. The second-order valence-electron chi connectivity index (χ2n) is 4.79. The van der Waals surface area contributed by atoms with Crippen LogP contribution in [0.2, 0.25) is 0 Å². The van der Waals surface area contributed by atoms with Gasteiger partial charge in [0.1, 0.15) is 0 Å². The maximum Gasteiger partial charge on any atom is 0.0709 e. The Bertz CT molecular complexity index is 546. The number of hydrogen-bond donors (Lipinski definition) is 0. The smallest absolute Gasteiger partial charge is 0.0709 e. The van der Waals surface area contributed by atoms with Gasteiger partial charge < -0.3 is 0 Å². The third kappa shape index (κ3) is 2.38. The Morgan fingerprint density at radius 2 is 1.71 bits per heavy atom. The van der Waals surface area contributed by atoms with Crippen molar-refractivity contribution in [1.29, 1.82) is 0 Å². The summed E-state index contributed by atoms with van der Waals surface area (Å²) >= 11 is 0. The Labute approximate surface area is 102 Å². The van der Waals surface area contributed by atoms with Crippen LogP contribution in [0.4, 0.5) is 0 Å². The van der Waals surface area contributed by atoms with Gasteiger partial charge in [-0.1, -0.05) is 36.3 Å². The second kappa shape index (κ2) is 4.70. The van der Waals surface area contributed by atoms with Crippen molar-refractivity contribution in [2.24, 2.45) is 0 Å². The van der Waals surface area contributed by atoms with E-state index in [1.807, 2.05) is 6.07 Å². The SMILES string of the molecule is C(=C1CCCCC1)c1ccc2ccccc2n1. The zero-order valence-corrected chi connectivity index (χ0v) is 10.0. The first-order valence-corrected chi connectivity index (χ1v) is 6.47. The highest BCUT2D eigenvalue weighted by atomic mass is 14.7. The van der Waals surface area contributed by atoms with Crippen LogP contribution in [0.15, 0.2) is 42.0 Å². The second-order valence-corrected chi connectivity index (χ2v) is 4.79. The predicted octanol–water partition coefficient (Wildman–Crippen LogP) is 4.58. The maximum atomic E-state index is 4.69. The number of benzene rings is 1. The van der Waals surface area contributed by atoms with Gasteiger partial charge in [-0.25, -0.2) is 4.98 Å². The zero-order valence-electron chi connectivity index (χ0n) is 10.0. The largest absolute Gasteiger partial charge is 0.248 e. The molecule has 0 N–H and O–H groups in total. The average molecular weight is 223 g/mol. The van der Waals surface area contributed by atoms with Crippen LogP contribution in [-0.2, 0) is 0 Å². The summed E-state index contributed by atoms with van der Waals surface area (Å²) in [6.07, 6.45) is 8.88. The van der Waals surface area contributed by atoms with Crippen molar-refractivity contribution in [2.45, 2.75) is 32.1 Å². The van der Waals surface area contributed by atoms with Crippen molar-refractivity contribution < 1.29 is 0 Å². The summed E-state index contributed by atoms with van der Waals surface area (Å²) in [6, 6.07) is 12.6. The van der Waals surface area contributed by atoms with Gasteiger partial charge in [0.05, 0.1) is 11.2 Å². The molecule has 3 rings (SSSR count). The molecule has 0 aliphatic heterocycles. The number of pyridine rings is 1. The molecule has 2 aromatic rings. The fraction of sp³-hybridized carbons (Fsp3) is 0.312. The molecule has 1 aromatic carbocycles. The molecule has 1 aromatic heterocycles. The molecule has 0 amide bonds. The van der Waals surface area contributed by atoms with Crippen molar-refractivity contribution in [3.8, 4) is 0 Å². The first kappa shape index (κ1) is 10.5. The topological polar surface area (TPSA) is 12.9 Å². The molecule has 0 atom stereocenters. The van der Waals surface area contributed by atoms with Crippen LogP contribution in [0, 0.1) is 0 Å². The van der Waals surface area contributed by atoms with Gasteiger partial charge in [0.2, 0.25) is 0 Å². The number of nitrogens with zero attached hydrogens (tertiary/aromatic N) is 1. The highest BCUT2D eigenvalue weighted by molar-refractivity contribution is 5.79. The lowest BCUT2D eigenvalue weighted by Gasteiger charge is -2.13. The Morgan fingerprint density at radius 1 is 0.882 bits per heavy atom. The molecule has 0 radical (unpaired) electrons. The molecule has 0 spiro atoms. The molecule has 1 saturated carbocycles. The Balaban J connectivity index is 1.95. The molecule has 1 heterocycles. The third-order valence-electron chi connectivity index (χ3n) is 3.47. The summed E-state index contributed by atoms with van der Waals surface area (Å²) in [5.41, 5.74) is 3.78. The normalized spacial score (nSPS) is 16.1. The standard InChI is InChI=1S/C16H17N/c1-2-6-13(7-3-1)12-15-11-10-14-8-4-5-9-16(14)17-15/h4-5,8-12H,1-3,6-7H2. The van der Waals surface area contributed by atoms with E-state index in [0.717, 1.165) is 11.2 Å². The quantitative estimate of drug-likeness (QED) is 0.689. The van der Waals surface area contributed by atoms with E-state index >= 15 is 0 Å². The van der Waals surface area contributed by atoms with Crippen LogP contribution in [-0.4, -0.2) is 4.98 Å². The van der Waals surface area contributed by atoms with Gasteiger partial charge in [0.15, 0.2) is 0 Å². The Morgan fingerprint density at radius 3 is 2.59 bits per heavy atom. The lowest BCUT2D eigenvalue weighted by Crippen LogP contribution is -1.94. The van der Waals surface area contributed by atoms with Gasteiger partial charge >= 0.3 is 0 Å². The minimum absolute atomic E-state index is 1.10. The molecular formula is C16H17N. The van der Waals surface area contributed by atoms with Crippen molar-refractivity contribution in [3.05, 3.63) is 47.7 Å². The first-order valence-electron chi connectivity index (χ1n) is 6.47. The molecule has 17 heavy (non-hydrogen) atoms. The molecule has 0 saturated heterocycles. The summed E-state index contributed by atoms with van der Waals surface area (Å²) in [6.45, 7) is 0. The Kier molecular flexibility index (Phi) is 2.91. The highest BCUT2D eigenvalue weighted by Crippen LogP contribution is 2.25. The van der Waals surface area contributed by atoms with Gasteiger partial charge in [-0.05, 0) is 43.9 Å². The van der Waals surface area contributed by atoms with E-state index in [9.17, 15) is 0 Å². The molecule has 86 valence electrons. The molecule has 1 fully saturated rings. The maximum absolute atomic E-state index is 4.69. The molecule has 1 heteroatoms. The summed E-state index contributed by atoms with van der Waals surface area (Å²) in [5, 5.41) is 1.22. The number of allylic oxidation sites excluding steroid dienone is 1. The van der Waals surface area contributed by atoms with E-state index in [1.165, 1.54) is 37.5 Å². The number of rotatable bonds is 1. The summed E-state index contributed by atoms with van der Waals surface area (Å²) in [5.74, 6) is 0. The fourth-order valence-corrected chi connectivity index (χ4v) is 2.52. The van der Waals surface area contributed by atoms with Crippen LogP contribution < -0.4 is 0 Å². The monoisotopic (exact) mass is 223 g/mol. The molecule has 1 aliphatic carbocycles. The molecule has 0 unspecified atom stereocenters. The van der Waals surface area contributed by atoms with Gasteiger partial charge in [0.25, 0.3) is 0 Å². The van der Waals surface area contributed by atoms with Crippen molar-refractivity contribution in [2.75, 3.05) is 0 Å². The zero-order chi connectivity index (χ0) is 11.5. The summed E-state index contributed by atoms with van der Waals surface area (Å²) < 4.78 is 0. The van der Waals surface area contributed by atoms with Crippen molar-refractivity contribution in [1.82, 2.24) is 4.98 Å². The van der Waals surface area contributed by atoms with E-state index in [0.29, 0.717) is 0 Å². The van der Waals surface area contributed by atoms with E-state index < -0.39 is 0 Å². The Hall–Kier alpha value is -1.63. The molecule has 1 aliphatic rings. The van der Waals surface area contributed by atoms with Crippen LogP contribution in [0.5, 0.6) is 0 Å². The van der Waals surface area contributed by atoms with E-state index in [2.05, 4.69) is 36.4 Å². The van der Waals surface area contributed by atoms with Crippen molar-refractivity contribution in [3.63, 3.8) is 0 Å². The summed E-state index contributed by atoms with van der Waals surface area (Å²) in [7, 11) is 0. The van der Waals surface area contributed by atoms with Gasteiger partial charge in [-0.2, -0.15) is 0 Å². The van der Waals surface area contributed by atoms with E-state index in [1.54, 1.807) is 5.57 Å². The molecule has 0 bridgehead atoms. The third-order valence-corrected chi connectivity index (χ3v) is 3.47. The number of para-hydroxylation sites is 1. The molecule has 1 nitrogen and oxygen atoms in total. The van der Waals surface area contributed by atoms with Gasteiger partial charge in [-0.15, -0.1) is 0 Å². The van der Waals surface area contributed by atoms with Gasteiger partial charge in [-0.3, -0.25) is 0 Å². The van der Waals surface area contributed by atoms with Crippen molar-refractivity contribution >= 4 is 17.0 Å². The van der Waals surface area contributed by atoms with E-state index in [-0.39, 0.29) is 0 Å². The number of fused-ring (bicyclic) bond motifs is 1. The minimum atomic E-state index is 1.10. The van der Waals surface area contributed by atoms with Crippen LogP contribution in [0.3, 0.4) is 0 Å². The lowest BCUT2D eigenvalue weighted by molar-refractivity contribution is 0.602. The van der Waals surface area contributed by atoms with Crippen LogP contribution in [0.1, 0.15) is 37.8 Å². The van der Waals surface area contributed by atoms with E-state index in [4.69, 9.17) is 4.98 Å². The fourth-order valence-electron chi connectivity index (χ4n) is 2.52. The molecular weight excluding hydrogens is 206 g/mol. The highest BCUT2D eigenvalue weighted by Gasteiger charge is 2.05. The van der Waals surface area contributed by atoms with Gasteiger partial charge in [0, 0.05) is 5.39 Å². The number of aromatic nitrogens is 1. The lowest BCUT2D eigenvalue weighted by atomic mass is 9.94. The van der Waals surface area contributed by atoms with Crippen LogP contribution >= 0.6 is 0 Å². The predicted molar refractivity (Wildman–Crippen MR) is 72.8 cm³/mol. The summed E-state index contributed by atoms with van der Waals surface area (Å²) in [4.78, 5) is 4.69.